The zero-order chi connectivity index (χ0) is 15.6. The van der Waals surface area contributed by atoms with Gasteiger partial charge in [0.25, 0.3) is 0 Å². The highest BCUT2D eigenvalue weighted by Crippen LogP contribution is 2.38. The molecule has 0 unspecified atom stereocenters. The summed E-state index contributed by atoms with van der Waals surface area (Å²) in [6.07, 6.45) is -4.06. The summed E-state index contributed by atoms with van der Waals surface area (Å²) >= 11 is 11.7. The van der Waals surface area contributed by atoms with Gasteiger partial charge in [-0.1, -0.05) is 23.2 Å². The van der Waals surface area contributed by atoms with E-state index >= 15 is 0 Å². The number of rotatable bonds is 3. The largest absolute Gasteiger partial charge is 0.462 e. The Morgan fingerprint density at radius 3 is 2.62 bits per heavy atom. The quantitative estimate of drug-likeness (QED) is 0.848. The second kappa shape index (κ2) is 5.84. The van der Waals surface area contributed by atoms with Gasteiger partial charge in [-0.25, -0.2) is 0 Å². The monoisotopic (exact) mass is 335 g/mol. The average molecular weight is 336 g/mol. The molecule has 0 aliphatic carbocycles. The van der Waals surface area contributed by atoms with E-state index in [1.54, 1.807) is 6.07 Å². The van der Waals surface area contributed by atoms with Crippen molar-refractivity contribution < 1.29 is 17.9 Å². The molecule has 1 aromatic carbocycles. The first-order chi connectivity index (χ1) is 9.84. The molecule has 2 rings (SSSR count). The molecular weight excluding hydrogens is 330 g/mol. The van der Waals surface area contributed by atoms with Crippen LogP contribution in [0.1, 0.15) is 5.56 Å². The van der Waals surface area contributed by atoms with Crippen molar-refractivity contribution in [3.05, 3.63) is 40.0 Å². The summed E-state index contributed by atoms with van der Waals surface area (Å²) in [4.78, 5) is 0. The molecule has 110 valence electrons. The van der Waals surface area contributed by atoms with Crippen LogP contribution in [-0.2, 0) is 6.18 Å². The second-order valence-electron chi connectivity index (χ2n) is 3.82. The zero-order valence-corrected chi connectivity index (χ0v) is 11.7. The summed E-state index contributed by atoms with van der Waals surface area (Å²) in [5.74, 6) is -0.603. The molecule has 0 spiro atoms. The van der Waals surface area contributed by atoms with Crippen molar-refractivity contribution in [1.82, 2.24) is 9.78 Å². The maximum absolute atomic E-state index is 12.9. The Morgan fingerprint density at radius 2 is 2.05 bits per heavy atom. The smallest absolute Gasteiger partial charge is 0.423 e. The number of hydrogen-bond acceptors (Lipinski definition) is 3. The van der Waals surface area contributed by atoms with E-state index < -0.39 is 24.2 Å². The summed E-state index contributed by atoms with van der Waals surface area (Å²) < 4.78 is 44.4. The molecule has 4 nitrogen and oxygen atoms in total. The van der Waals surface area contributed by atoms with E-state index in [2.05, 4.69) is 5.10 Å². The molecule has 0 saturated heterocycles. The lowest BCUT2D eigenvalue weighted by molar-refractivity contribution is -0.138. The number of hydrogen-bond donors (Lipinski definition) is 0. The van der Waals surface area contributed by atoms with E-state index in [9.17, 15) is 13.2 Å². The number of halogens is 5. The summed E-state index contributed by atoms with van der Waals surface area (Å²) in [5, 5.41) is 12.5. The van der Waals surface area contributed by atoms with Gasteiger partial charge in [-0.2, -0.15) is 28.2 Å². The number of nitriles is 1. The van der Waals surface area contributed by atoms with Crippen molar-refractivity contribution >= 4 is 23.2 Å². The molecular formula is C12H6Cl2F3N3O. The molecule has 2 aromatic rings. The van der Waals surface area contributed by atoms with Gasteiger partial charge in [0, 0.05) is 5.02 Å². The Kier molecular flexibility index (Phi) is 4.30. The lowest BCUT2D eigenvalue weighted by atomic mass is 10.3. The average Bonchev–Trinajstić information content (AvgIpc) is 2.79. The predicted molar refractivity (Wildman–Crippen MR) is 69.7 cm³/mol. The molecule has 0 atom stereocenters. The van der Waals surface area contributed by atoms with Gasteiger partial charge in [0.2, 0.25) is 5.88 Å². The highest BCUT2D eigenvalue weighted by Gasteiger charge is 2.38. The third kappa shape index (κ3) is 3.23. The maximum atomic E-state index is 12.9. The molecule has 0 N–H and O–H groups in total. The van der Waals surface area contributed by atoms with Crippen LogP contribution in [0.2, 0.25) is 10.0 Å². The summed E-state index contributed by atoms with van der Waals surface area (Å²) in [7, 11) is 0. The minimum atomic E-state index is -4.66. The van der Waals surface area contributed by atoms with Crippen LogP contribution >= 0.6 is 23.2 Å². The molecule has 9 heteroatoms. The topological polar surface area (TPSA) is 50.8 Å². The Bertz CT molecular complexity index is 707. The van der Waals surface area contributed by atoms with Crippen LogP contribution < -0.4 is 4.74 Å². The second-order valence-corrected chi connectivity index (χ2v) is 4.66. The standard InChI is InChI=1S/C12H6Cl2F3N3O/c13-7-1-2-10(9(14)5-7)20-11(21-4-3-18)8(6-19-20)12(15,16)17/h1-2,5-6H,4H2. The van der Waals surface area contributed by atoms with Crippen LogP contribution in [-0.4, -0.2) is 16.4 Å². The van der Waals surface area contributed by atoms with E-state index in [4.69, 9.17) is 33.2 Å². The SMILES string of the molecule is N#CCOc1c(C(F)(F)F)cnn1-c1ccc(Cl)cc1Cl. The van der Waals surface area contributed by atoms with Gasteiger partial charge in [-0.15, -0.1) is 0 Å². The molecule has 0 amide bonds. The third-order valence-electron chi connectivity index (χ3n) is 2.44. The Morgan fingerprint density at radius 1 is 1.33 bits per heavy atom. The highest BCUT2D eigenvalue weighted by molar-refractivity contribution is 6.35. The van der Waals surface area contributed by atoms with Crippen molar-refractivity contribution in [2.24, 2.45) is 0 Å². The van der Waals surface area contributed by atoms with Gasteiger partial charge in [-0.3, -0.25) is 0 Å². The Balaban J connectivity index is 2.58. The van der Waals surface area contributed by atoms with Crippen molar-refractivity contribution in [1.29, 1.82) is 5.26 Å². The lowest BCUT2D eigenvalue weighted by Gasteiger charge is -2.12. The van der Waals surface area contributed by atoms with Crippen LogP contribution in [0.3, 0.4) is 0 Å². The number of ether oxygens (including phenoxy) is 1. The molecule has 21 heavy (non-hydrogen) atoms. The number of benzene rings is 1. The van der Waals surface area contributed by atoms with E-state index in [1.807, 2.05) is 0 Å². The first kappa shape index (κ1) is 15.5. The minimum Gasteiger partial charge on any atom is -0.462 e. The van der Waals surface area contributed by atoms with Gasteiger partial charge in [0.15, 0.2) is 6.61 Å². The van der Waals surface area contributed by atoms with Crippen LogP contribution in [0.4, 0.5) is 13.2 Å². The van der Waals surface area contributed by atoms with Crippen LogP contribution in [0.5, 0.6) is 5.88 Å². The molecule has 1 heterocycles. The molecule has 0 fully saturated rings. The van der Waals surface area contributed by atoms with E-state index in [0.29, 0.717) is 11.2 Å². The minimum absolute atomic E-state index is 0.0983. The number of nitrogens with zero attached hydrogens (tertiary/aromatic N) is 3. The lowest BCUT2D eigenvalue weighted by Crippen LogP contribution is -2.10. The normalized spacial score (nSPS) is 11.2. The van der Waals surface area contributed by atoms with Crippen molar-refractivity contribution in [2.45, 2.75) is 6.18 Å². The molecule has 0 saturated carbocycles. The number of alkyl halides is 3. The van der Waals surface area contributed by atoms with Crippen molar-refractivity contribution in [2.75, 3.05) is 6.61 Å². The van der Waals surface area contributed by atoms with Crippen molar-refractivity contribution in [3.8, 4) is 17.6 Å². The summed E-state index contributed by atoms with van der Waals surface area (Å²) in [6.45, 7) is -0.556. The molecule has 0 aliphatic rings. The van der Waals surface area contributed by atoms with Gasteiger partial charge < -0.3 is 4.74 Å². The van der Waals surface area contributed by atoms with Crippen molar-refractivity contribution in [3.63, 3.8) is 0 Å². The fourth-order valence-electron chi connectivity index (χ4n) is 1.60. The molecule has 1 aromatic heterocycles. The first-order valence-electron chi connectivity index (χ1n) is 5.45. The Hall–Kier alpha value is -1.91. The third-order valence-corrected chi connectivity index (χ3v) is 2.98. The summed E-state index contributed by atoms with van der Waals surface area (Å²) in [5.41, 5.74) is -0.937. The first-order valence-corrected chi connectivity index (χ1v) is 6.20. The number of aromatic nitrogens is 2. The van der Waals surface area contributed by atoms with Crippen LogP contribution in [0, 0.1) is 11.3 Å². The molecule has 0 bridgehead atoms. The van der Waals surface area contributed by atoms with E-state index in [1.165, 1.54) is 18.2 Å². The van der Waals surface area contributed by atoms with Gasteiger partial charge >= 0.3 is 6.18 Å². The van der Waals surface area contributed by atoms with E-state index in [0.717, 1.165) is 4.68 Å². The van der Waals surface area contributed by atoms with Gasteiger partial charge in [0.05, 0.1) is 16.9 Å². The fourth-order valence-corrected chi connectivity index (χ4v) is 2.08. The fraction of sp³-hybridized carbons (Fsp3) is 0.167. The van der Waals surface area contributed by atoms with E-state index in [-0.39, 0.29) is 10.7 Å². The van der Waals surface area contributed by atoms with Gasteiger partial charge in [-0.05, 0) is 18.2 Å². The molecule has 0 radical (unpaired) electrons. The van der Waals surface area contributed by atoms with Crippen LogP contribution in [0.25, 0.3) is 5.69 Å². The van der Waals surface area contributed by atoms with Gasteiger partial charge in [0.1, 0.15) is 11.6 Å². The Labute approximate surface area is 127 Å². The summed E-state index contributed by atoms with van der Waals surface area (Å²) in [6, 6.07) is 5.81. The molecule has 0 aliphatic heterocycles. The predicted octanol–water partition coefficient (Wildman–Crippen LogP) is 4.10. The maximum Gasteiger partial charge on any atom is 0.423 e. The zero-order valence-electron chi connectivity index (χ0n) is 10.2. The highest BCUT2D eigenvalue weighted by atomic mass is 35.5. The van der Waals surface area contributed by atoms with Crippen LogP contribution in [0.15, 0.2) is 24.4 Å².